The van der Waals surface area contributed by atoms with Crippen LogP contribution in [-0.4, -0.2) is 12.5 Å². The summed E-state index contributed by atoms with van der Waals surface area (Å²) >= 11 is 0. The summed E-state index contributed by atoms with van der Waals surface area (Å²) in [5.74, 6) is 0.0515. The third-order valence-electron chi connectivity index (χ3n) is 1.55. The summed E-state index contributed by atoms with van der Waals surface area (Å²) in [5.41, 5.74) is 1.95. The van der Waals surface area contributed by atoms with Crippen molar-refractivity contribution in [2.75, 3.05) is 6.54 Å². The summed E-state index contributed by atoms with van der Waals surface area (Å²) in [6.45, 7) is 4.58. The van der Waals surface area contributed by atoms with Gasteiger partial charge in [0.25, 0.3) is 5.91 Å². The van der Waals surface area contributed by atoms with Crippen LogP contribution in [0.1, 0.15) is 13.8 Å². The highest BCUT2D eigenvalue weighted by Gasteiger charge is 2.15. The standard InChI is InChI=1S/C8H11NO/c1-3-4-7-6(2)5-9-8(7)10/h3-4H,5H2,1-2H3,(H,9,10). The Morgan fingerprint density at radius 2 is 2.30 bits per heavy atom. The average Bonchev–Trinajstić information content (AvgIpc) is 2.20. The van der Waals surface area contributed by atoms with Crippen LogP contribution in [0.4, 0.5) is 0 Å². The van der Waals surface area contributed by atoms with E-state index in [1.54, 1.807) is 0 Å². The molecule has 0 saturated heterocycles. The quantitative estimate of drug-likeness (QED) is 0.574. The predicted octanol–water partition coefficient (Wildman–Crippen LogP) is 1.01. The highest BCUT2D eigenvalue weighted by Crippen LogP contribution is 2.10. The number of carbonyl (C=O) groups excluding carboxylic acids is 1. The molecular weight excluding hydrogens is 126 g/mol. The molecule has 54 valence electrons. The van der Waals surface area contributed by atoms with Crippen molar-refractivity contribution in [1.29, 1.82) is 0 Å². The Kier molecular flexibility index (Phi) is 1.90. The second-order valence-electron chi connectivity index (χ2n) is 2.38. The summed E-state index contributed by atoms with van der Waals surface area (Å²) in [4.78, 5) is 11.0. The van der Waals surface area contributed by atoms with Gasteiger partial charge in [0, 0.05) is 12.1 Å². The van der Waals surface area contributed by atoms with Gasteiger partial charge in [0.1, 0.15) is 0 Å². The van der Waals surface area contributed by atoms with Crippen LogP contribution in [-0.2, 0) is 4.79 Å². The van der Waals surface area contributed by atoms with Gasteiger partial charge in [-0.15, -0.1) is 0 Å². The van der Waals surface area contributed by atoms with Crippen LogP contribution in [0.15, 0.2) is 23.3 Å². The maximum absolute atomic E-state index is 11.0. The van der Waals surface area contributed by atoms with E-state index >= 15 is 0 Å². The molecule has 0 aliphatic carbocycles. The number of hydrogen-bond donors (Lipinski definition) is 1. The first-order valence-corrected chi connectivity index (χ1v) is 3.36. The number of allylic oxidation sites excluding steroid dienone is 1. The smallest absolute Gasteiger partial charge is 0.251 e. The first-order valence-electron chi connectivity index (χ1n) is 3.36. The van der Waals surface area contributed by atoms with Crippen LogP contribution in [0.3, 0.4) is 0 Å². The predicted molar refractivity (Wildman–Crippen MR) is 40.5 cm³/mol. The van der Waals surface area contributed by atoms with Crippen LogP contribution in [0, 0.1) is 0 Å². The Labute approximate surface area is 60.6 Å². The molecule has 10 heavy (non-hydrogen) atoms. The maximum atomic E-state index is 11.0. The number of hydrogen-bond acceptors (Lipinski definition) is 1. The molecule has 1 rings (SSSR count). The monoisotopic (exact) mass is 137 g/mol. The van der Waals surface area contributed by atoms with E-state index in [1.807, 2.05) is 26.0 Å². The zero-order valence-corrected chi connectivity index (χ0v) is 6.27. The Bertz CT molecular complexity index is 213. The topological polar surface area (TPSA) is 29.1 Å². The van der Waals surface area contributed by atoms with Crippen molar-refractivity contribution in [2.45, 2.75) is 13.8 Å². The molecule has 1 aliphatic heterocycles. The van der Waals surface area contributed by atoms with E-state index in [0.717, 1.165) is 11.1 Å². The first-order chi connectivity index (χ1) is 4.75. The summed E-state index contributed by atoms with van der Waals surface area (Å²) < 4.78 is 0. The van der Waals surface area contributed by atoms with Gasteiger partial charge in [-0.3, -0.25) is 4.79 Å². The molecular formula is C8H11NO. The van der Waals surface area contributed by atoms with Gasteiger partial charge in [-0.2, -0.15) is 0 Å². The number of rotatable bonds is 1. The fraction of sp³-hybridized carbons (Fsp3) is 0.375. The molecule has 0 aromatic carbocycles. The summed E-state index contributed by atoms with van der Waals surface area (Å²) in [7, 11) is 0. The number of nitrogens with one attached hydrogen (secondary N) is 1. The molecule has 1 N–H and O–H groups in total. The average molecular weight is 137 g/mol. The fourth-order valence-corrected chi connectivity index (χ4v) is 0.982. The summed E-state index contributed by atoms with van der Waals surface area (Å²) in [6, 6.07) is 0. The molecule has 0 unspecified atom stereocenters. The molecule has 0 aromatic rings. The Morgan fingerprint density at radius 1 is 1.60 bits per heavy atom. The lowest BCUT2D eigenvalue weighted by Gasteiger charge is -1.89. The number of carbonyl (C=O) groups is 1. The van der Waals surface area contributed by atoms with E-state index in [0.29, 0.717) is 6.54 Å². The highest BCUT2D eigenvalue weighted by atomic mass is 16.1. The van der Waals surface area contributed by atoms with Crippen molar-refractivity contribution in [3.63, 3.8) is 0 Å². The van der Waals surface area contributed by atoms with Gasteiger partial charge < -0.3 is 5.32 Å². The van der Waals surface area contributed by atoms with Crippen molar-refractivity contribution in [1.82, 2.24) is 5.32 Å². The third kappa shape index (κ3) is 1.10. The minimum absolute atomic E-state index is 0.0515. The molecule has 1 aliphatic rings. The molecule has 2 nitrogen and oxygen atoms in total. The second kappa shape index (κ2) is 2.69. The van der Waals surface area contributed by atoms with E-state index in [4.69, 9.17) is 0 Å². The Balaban J connectivity index is 2.88. The lowest BCUT2D eigenvalue weighted by molar-refractivity contribution is -0.116. The van der Waals surface area contributed by atoms with E-state index in [9.17, 15) is 4.79 Å². The van der Waals surface area contributed by atoms with Crippen LogP contribution < -0.4 is 5.32 Å². The second-order valence-corrected chi connectivity index (χ2v) is 2.38. The van der Waals surface area contributed by atoms with Crippen molar-refractivity contribution >= 4 is 5.91 Å². The molecule has 2 heteroatoms. The van der Waals surface area contributed by atoms with Gasteiger partial charge in [0.2, 0.25) is 0 Å². The molecule has 0 fully saturated rings. The molecule has 1 amide bonds. The lowest BCUT2D eigenvalue weighted by atomic mass is 10.1. The maximum Gasteiger partial charge on any atom is 0.251 e. The Hall–Kier alpha value is -1.05. The Morgan fingerprint density at radius 3 is 2.70 bits per heavy atom. The van der Waals surface area contributed by atoms with Crippen molar-refractivity contribution < 1.29 is 4.79 Å². The van der Waals surface area contributed by atoms with Gasteiger partial charge in [-0.05, 0) is 19.4 Å². The minimum Gasteiger partial charge on any atom is -0.348 e. The molecule has 0 spiro atoms. The third-order valence-corrected chi connectivity index (χ3v) is 1.55. The SMILES string of the molecule is CC=CC1=C(C)CNC1=O. The van der Waals surface area contributed by atoms with Crippen LogP contribution in [0.2, 0.25) is 0 Å². The van der Waals surface area contributed by atoms with Gasteiger partial charge in [-0.1, -0.05) is 12.2 Å². The van der Waals surface area contributed by atoms with Crippen molar-refractivity contribution in [3.8, 4) is 0 Å². The zero-order valence-electron chi connectivity index (χ0n) is 6.27. The first kappa shape index (κ1) is 7.06. The molecule has 0 aromatic heterocycles. The van der Waals surface area contributed by atoms with Gasteiger partial charge in [0.05, 0.1) is 0 Å². The van der Waals surface area contributed by atoms with E-state index < -0.39 is 0 Å². The number of amides is 1. The summed E-state index contributed by atoms with van der Waals surface area (Å²) in [6.07, 6.45) is 3.72. The largest absolute Gasteiger partial charge is 0.348 e. The molecule has 0 bridgehead atoms. The van der Waals surface area contributed by atoms with Gasteiger partial charge in [0.15, 0.2) is 0 Å². The van der Waals surface area contributed by atoms with Crippen molar-refractivity contribution in [2.24, 2.45) is 0 Å². The van der Waals surface area contributed by atoms with E-state index in [2.05, 4.69) is 5.32 Å². The highest BCUT2D eigenvalue weighted by molar-refractivity contribution is 5.99. The lowest BCUT2D eigenvalue weighted by Crippen LogP contribution is -2.16. The molecule has 1 heterocycles. The molecule has 0 saturated carbocycles. The molecule has 0 radical (unpaired) electrons. The van der Waals surface area contributed by atoms with E-state index in [1.165, 1.54) is 0 Å². The zero-order chi connectivity index (χ0) is 7.56. The molecule has 0 atom stereocenters. The fourth-order valence-electron chi connectivity index (χ4n) is 0.982. The van der Waals surface area contributed by atoms with Gasteiger partial charge >= 0.3 is 0 Å². The van der Waals surface area contributed by atoms with Crippen molar-refractivity contribution in [3.05, 3.63) is 23.3 Å². The van der Waals surface area contributed by atoms with Gasteiger partial charge in [-0.25, -0.2) is 0 Å². The van der Waals surface area contributed by atoms with E-state index in [-0.39, 0.29) is 5.91 Å². The van der Waals surface area contributed by atoms with Crippen LogP contribution in [0.25, 0.3) is 0 Å². The normalized spacial score (nSPS) is 18.8. The van der Waals surface area contributed by atoms with Crippen LogP contribution >= 0.6 is 0 Å². The minimum atomic E-state index is 0.0515. The summed E-state index contributed by atoms with van der Waals surface area (Å²) in [5, 5.41) is 2.74. The van der Waals surface area contributed by atoms with Crippen LogP contribution in [0.5, 0.6) is 0 Å².